The zero-order valence-electron chi connectivity index (χ0n) is 13.7. The minimum Gasteiger partial charge on any atom is -0.392 e. The topological polar surface area (TPSA) is 28.4 Å². The second kappa shape index (κ2) is 6.67. The minimum absolute atomic E-state index is 0.121. The molecule has 0 unspecified atom stereocenters. The molecular formula is C19H26N2O. The average Bonchev–Trinajstić information content (AvgIpc) is 2.79. The number of benzene rings is 1. The Hall–Kier alpha value is -1.58. The normalized spacial score (nSPS) is 16.1. The van der Waals surface area contributed by atoms with E-state index in [0.29, 0.717) is 0 Å². The second-order valence-electron chi connectivity index (χ2n) is 6.29. The van der Waals surface area contributed by atoms with E-state index >= 15 is 0 Å². The Kier molecular flexibility index (Phi) is 4.65. The predicted octanol–water partition coefficient (Wildman–Crippen LogP) is 3.57. The number of hydrogen-bond acceptors (Lipinski definition) is 2. The van der Waals surface area contributed by atoms with Gasteiger partial charge < -0.3 is 9.67 Å². The molecule has 0 atom stereocenters. The van der Waals surface area contributed by atoms with Crippen LogP contribution in [0.4, 0.5) is 0 Å². The lowest BCUT2D eigenvalue weighted by molar-refractivity contribution is 0.217. The van der Waals surface area contributed by atoms with Crippen LogP contribution >= 0.6 is 0 Å². The third-order valence-electron chi connectivity index (χ3n) is 4.91. The average molecular weight is 298 g/mol. The lowest BCUT2D eigenvalue weighted by Gasteiger charge is -2.26. The Morgan fingerprint density at radius 2 is 1.55 bits per heavy atom. The van der Waals surface area contributed by atoms with E-state index in [9.17, 15) is 5.11 Å². The molecule has 0 radical (unpaired) electrons. The van der Waals surface area contributed by atoms with E-state index in [-0.39, 0.29) is 6.61 Å². The van der Waals surface area contributed by atoms with Crippen molar-refractivity contribution in [1.29, 1.82) is 0 Å². The lowest BCUT2D eigenvalue weighted by atomic mass is 10.1. The molecule has 0 amide bonds. The molecule has 0 spiro atoms. The summed E-state index contributed by atoms with van der Waals surface area (Å²) in [6.07, 6.45) is 3.95. The number of piperidine rings is 1. The molecule has 1 aliphatic heterocycles. The summed E-state index contributed by atoms with van der Waals surface area (Å²) in [7, 11) is 0. The van der Waals surface area contributed by atoms with Crippen molar-refractivity contribution < 1.29 is 5.11 Å². The number of aliphatic hydroxyl groups excluding tert-OH is 1. The second-order valence-corrected chi connectivity index (χ2v) is 6.29. The zero-order chi connectivity index (χ0) is 15.5. The summed E-state index contributed by atoms with van der Waals surface area (Å²) in [5.41, 5.74) is 6.02. The van der Waals surface area contributed by atoms with Crippen LogP contribution in [0.3, 0.4) is 0 Å². The number of rotatable bonds is 4. The lowest BCUT2D eigenvalue weighted by Crippen LogP contribution is -2.29. The van der Waals surface area contributed by atoms with Gasteiger partial charge in [0.1, 0.15) is 0 Å². The van der Waals surface area contributed by atoms with Crippen molar-refractivity contribution in [3.63, 3.8) is 0 Å². The van der Waals surface area contributed by atoms with Gasteiger partial charge in [0.05, 0.1) is 6.61 Å². The smallest absolute Gasteiger partial charge is 0.0702 e. The van der Waals surface area contributed by atoms with Gasteiger partial charge in [-0.3, -0.25) is 4.90 Å². The molecule has 22 heavy (non-hydrogen) atoms. The number of hydrogen-bond donors (Lipinski definition) is 1. The number of aliphatic hydroxyl groups is 1. The monoisotopic (exact) mass is 298 g/mol. The van der Waals surface area contributed by atoms with Gasteiger partial charge in [0.25, 0.3) is 0 Å². The van der Waals surface area contributed by atoms with Gasteiger partial charge in [-0.05, 0) is 57.5 Å². The summed E-state index contributed by atoms with van der Waals surface area (Å²) in [5.74, 6) is 0. The van der Waals surface area contributed by atoms with Crippen LogP contribution in [0.15, 0.2) is 30.3 Å². The summed E-state index contributed by atoms with van der Waals surface area (Å²) >= 11 is 0. The maximum atomic E-state index is 9.88. The Bertz CT molecular complexity index is 625. The minimum atomic E-state index is 0.121. The van der Waals surface area contributed by atoms with Crippen molar-refractivity contribution in [2.75, 3.05) is 13.1 Å². The van der Waals surface area contributed by atoms with Crippen molar-refractivity contribution in [2.24, 2.45) is 0 Å². The molecule has 1 saturated heterocycles. The molecule has 1 aromatic carbocycles. The summed E-state index contributed by atoms with van der Waals surface area (Å²) < 4.78 is 2.28. The summed E-state index contributed by atoms with van der Waals surface area (Å²) in [6, 6.07) is 10.4. The summed E-state index contributed by atoms with van der Waals surface area (Å²) in [5, 5.41) is 9.88. The van der Waals surface area contributed by atoms with E-state index in [1.54, 1.807) is 0 Å². The van der Waals surface area contributed by atoms with Gasteiger partial charge in [0, 0.05) is 29.2 Å². The van der Waals surface area contributed by atoms with Crippen molar-refractivity contribution in [2.45, 2.75) is 46.3 Å². The molecule has 0 saturated carbocycles. The number of para-hydroxylation sites is 1. The third-order valence-corrected chi connectivity index (χ3v) is 4.91. The van der Waals surface area contributed by atoms with E-state index in [0.717, 1.165) is 12.1 Å². The van der Waals surface area contributed by atoms with Crippen molar-refractivity contribution in [1.82, 2.24) is 9.47 Å². The Balaban J connectivity index is 1.99. The Labute approximate surface area is 133 Å². The quantitative estimate of drug-likeness (QED) is 0.934. The van der Waals surface area contributed by atoms with Crippen LogP contribution in [0.5, 0.6) is 0 Å². The van der Waals surface area contributed by atoms with Crippen LogP contribution in [0.25, 0.3) is 5.69 Å². The predicted molar refractivity (Wildman–Crippen MR) is 90.3 cm³/mol. The molecule has 3 rings (SSSR count). The highest BCUT2D eigenvalue weighted by atomic mass is 16.3. The first-order valence-electron chi connectivity index (χ1n) is 8.30. The largest absolute Gasteiger partial charge is 0.392 e. The molecule has 1 N–H and O–H groups in total. The SMILES string of the molecule is Cc1c(CO)c(CN2CCCCC2)c(C)n1-c1ccccc1. The molecule has 118 valence electrons. The van der Waals surface area contributed by atoms with Crippen LogP contribution in [-0.2, 0) is 13.2 Å². The molecule has 1 aromatic heterocycles. The molecule has 2 heterocycles. The van der Waals surface area contributed by atoms with Gasteiger partial charge in [-0.1, -0.05) is 24.6 Å². The highest BCUT2D eigenvalue weighted by molar-refractivity contribution is 5.46. The van der Waals surface area contributed by atoms with Crippen LogP contribution in [0.2, 0.25) is 0 Å². The van der Waals surface area contributed by atoms with Crippen molar-refractivity contribution >= 4 is 0 Å². The standard InChI is InChI=1S/C19H26N2O/c1-15-18(13-20-11-7-4-8-12-20)19(14-22)16(2)21(15)17-9-5-3-6-10-17/h3,5-6,9-10,22H,4,7-8,11-14H2,1-2H3. The van der Waals surface area contributed by atoms with Crippen LogP contribution < -0.4 is 0 Å². The van der Waals surface area contributed by atoms with Gasteiger partial charge >= 0.3 is 0 Å². The summed E-state index contributed by atoms with van der Waals surface area (Å²) in [4.78, 5) is 2.53. The number of nitrogens with zero attached hydrogens (tertiary/aromatic N) is 2. The van der Waals surface area contributed by atoms with Gasteiger partial charge in [-0.2, -0.15) is 0 Å². The van der Waals surface area contributed by atoms with Gasteiger partial charge in [0.15, 0.2) is 0 Å². The number of aromatic nitrogens is 1. The first-order chi connectivity index (χ1) is 10.7. The van der Waals surface area contributed by atoms with Crippen molar-refractivity contribution in [3.8, 4) is 5.69 Å². The molecule has 1 aliphatic rings. The maximum Gasteiger partial charge on any atom is 0.0702 e. The zero-order valence-corrected chi connectivity index (χ0v) is 13.7. The Morgan fingerprint density at radius 1 is 0.909 bits per heavy atom. The van der Waals surface area contributed by atoms with E-state index in [4.69, 9.17) is 0 Å². The fourth-order valence-corrected chi connectivity index (χ4v) is 3.68. The molecule has 2 aromatic rings. The van der Waals surface area contributed by atoms with Crippen molar-refractivity contribution in [3.05, 3.63) is 52.8 Å². The maximum absolute atomic E-state index is 9.88. The van der Waals surface area contributed by atoms with E-state index in [1.807, 2.05) is 6.07 Å². The van der Waals surface area contributed by atoms with E-state index in [1.165, 1.54) is 55.0 Å². The first kappa shape index (κ1) is 15.3. The van der Waals surface area contributed by atoms with Crippen LogP contribution in [-0.4, -0.2) is 27.7 Å². The van der Waals surface area contributed by atoms with Crippen LogP contribution in [0.1, 0.15) is 41.8 Å². The molecule has 3 nitrogen and oxygen atoms in total. The fourth-order valence-electron chi connectivity index (χ4n) is 3.68. The molecular weight excluding hydrogens is 272 g/mol. The highest BCUT2D eigenvalue weighted by Crippen LogP contribution is 2.28. The Morgan fingerprint density at radius 3 is 2.18 bits per heavy atom. The highest BCUT2D eigenvalue weighted by Gasteiger charge is 2.20. The van der Waals surface area contributed by atoms with Gasteiger partial charge in [0.2, 0.25) is 0 Å². The van der Waals surface area contributed by atoms with Gasteiger partial charge in [-0.25, -0.2) is 0 Å². The van der Waals surface area contributed by atoms with E-state index in [2.05, 4.69) is 47.6 Å². The van der Waals surface area contributed by atoms with E-state index < -0.39 is 0 Å². The number of likely N-dealkylation sites (tertiary alicyclic amines) is 1. The molecule has 0 aliphatic carbocycles. The third kappa shape index (κ3) is 2.83. The van der Waals surface area contributed by atoms with Crippen LogP contribution in [0, 0.1) is 13.8 Å². The molecule has 1 fully saturated rings. The summed E-state index contributed by atoms with van der Waals surface area (Å²) in [6.45, 7) is 7.74. The first-order valence-corrected chi connectivity index (χ1v) is 8.30. The van der Waals surface area contributed by atoms with Gasteiger partial charge in [-0.15, -0.1) is 0 Å². The molecule has 3 heteroatoms. The fraction of sp³-hybridized carbons (Fsp3) is 0.474. The molecule has 0 bridgehead atoms.